The van der Waals surface area contributed by atoms with E-state index in [9.17, 15) is 15.3 Å². The zero-order valence-corrected chi connectivity index (χ0v) is 18.7. The van der Waals surface area contributed by atoms with Gasteiger partial charge >= 0.3 is 0 Å². The molecule has 0 aromatic heterocycles. The Morgan fingerprint density at radius 2 is 1.86 bits per heavy atom. The molecule has 0 unspecified atom stereocenters. The van der Waals surface area contributed by atoms with Crippen LogP contribution in [0, 0.1) is 23.2 Å². The Labute approximate surface area is 176 Å². The van der Waals surface area contributed by atoms with Gasteiger partial charge in [0.05, 0.1) is 18.8 Å². The molecule has 1 saturated carbocycles. The third kappa shape index (κ3) is 4.78. The second-order valence-corrected chi connectivity index (χ2v) is 10.4. The van der Waals surface area contributed by atoms with Crippen LogP contribution in [-0.4, -0.2) is 20.9 Å². The highest BCUT2D eigenvalue weighted by atomic mass is 16.3. The first-order valence-electron chi connectivity index (χ1n) is 11.5. The maximum atomic E-state index is 10.0. The Hall–Kier alpha value is -1.16. The van der Waals surface area contributed by atoms with Crippen molar-refractivity contribution in [3.8, 4) is 0 Å². The molecule has 0 aliphatic heterocycles. The molecule has 0 spiro atoms. The molecule has 2 aliphatic rings. The largest absolute Gasteiger partial charge is 0.392 e. The SMILES string of the molecule is C[C@H](CCCC(C)(C)O)[C@H]1CC[C@H]2C(c3ccc(CO)c(CO)c3)=CCC[C@]12C. The number of fused-ring (bicyclic) bond motifs is 1. The number of allylic oxidation sites excluding steroid dienone is 2. The topological polar surface area (TPSA) is 60.7 Å². The molecule has 3 nitrogen and oxygen atoms in total. The first-order chi connectivity index (χ1) is 13.7. The third-order valence-corrected chi connectivity index (χ3v) is 7.85. The molecule has 2 aliphatic carbocycles. The monoisotopic (exact) mass is 400 g/mol. The molecule has 0 amide bonds. The van der Waals surface area contributed by atoms with Crippen molar-refractivity contribution in [3.05, 3.63) is 41.0 Å². The molecular weight excluding hydrogens is 360 g/mol. The minimum Gasteiger partial charge on any atom is -0.392 e. The van der Waals surface area contributed by atoms with Crippen LogP contribution in [0.25, 0.3) is 5.57 Å². The van der Waals surface area contributed by atoms with Gasteiger partial charge in [0.15, 0.2) is 0 Å². The summed E-state index contributed by atoms with van der Waals surface area (Å²) in [6, 6.07) is 6.19. The average molecular weight is 401 g/mol. The van der Waals surface area contributed by atoms with E-state index in [4.69, 9.17) is 0 Å². The summed E-state index contributed by atoms with van der Waals surface area (Å²) < 4.78 is 0. The van der Waals surface area contributed by atoms with Crippen LogP contribution >= 0.6 is 0 Å². The summed E-state index contributed by atoms with van der Waals surface area (Å²) in [5.41, 5.74) is 4.09. The van der Waals surface area contributed by atoms with Crippen LogP contribution in [0.3, 0.4) is 0 Å². The lowest BCUT2D eigenvalue weighted by Crippen LogP contribution is -2.35. The summed E-state index contributed by atoms with van der Waals surface area (Å²) in [6.45, 7) is 8.68. The summed E-state index contributed by atoms with van der Waals surface area (Å²) >= 11 is 0. The van der Waals surface area contributed by atoms with Crippen LogP contribution in [0.2, 0.25) is 0 Å². The molecule has 162 valence electrons. The predicted octanol–water partition coefficient (Wildman–Crippen LogP) is 5.46. The van der Waals surface area contributed by atoms with Gasteiger partial charge < -0.3 is 15.3 Å². The predicted molar refractivity (Wildman–Crippen MR) is 119 cm³/mol. The molecule has 3 rings (SSSR count). The Morgan fingerprint density at radius 1 is 1.14 bits per heavy atom. The van der Waals surface area contributed by atoms with Crippen molar-refractivity contribution in [1.82, 2.24) is 0 Å². The van der Waals surface area contributed by atoms with E-state index in [0.717, 1.165) is 36.3 Å². The van der Waals surface area contributed by atoms with E-state index in [-0.39, 0.29) is 13.2 Å². The van der Waals surface area contributed by atoms with Crippen LogP contribution in [0.15, 0.2) is 24.3 Å². The summed E-state index contributed by atoms with van der Waals surface area (Å²) in [4.78, 5) is 0. The van der Waals surface area contributed by atoms with Gasteiger partial charge in [-0.25, -0.2) is 0 Å². The van der Waals surface area contributed by atoms with Crippen molar-refractivity contribution in [3.63, 3.8) is 0 Å². The number of hydrogen-bond donors (Lipinski definition) is 3. The van der Waals surface area contributed by atoms with Crippen LogP contribution in [0.1, 0.15) is 89.3 Å². The molecule has 1 fully saturated rings. The van der Waals surface area contributed by atoms with Gasteiger partial charge in [0.2, 0.25) is 0 Å². The molecule has 29 heavy (non-hydrogen) atoms. The quantitative estimate of drug-likeness (QED) is 0.543. The van der Waals surface area contributed by atoms with Crippen molar-refractivity contribution < 1.29 is 15.3 Å². The molecule has 0 saturated heterocycles. The van der Waals surface area contributed by atoms with Crippen LogP contribution < -0.4 is 0 Å². The highest BCUT2D eigenvalue weighted by Crippen LogP contribution is 2.60. The lowest BCUT2D eigenvalue weighted by molar-refractivity contribution is 0.0620. The number of aliphatic hydroxyl groups excluding tert-OH is 2. The van der Waals surface area contributed by atoms with E-state index in [1.165, 1.54) is 36.8 Å². The third-order valence-electron chi connectivity index (χ3n) is 7.85. The summed E-state index contributed by atoms with van der Waals surface area (Å²) in [7, 11) is 0. The minimum absolute atomic E-state index is 0.0272. The Kier molecular flexibility index (Phi) is 6.92. The lowest BCUT2D eigenvalue weighted by Gasteiger charge is -2.43. The van der Waals surface area contributed by atoms with Crippen molar-refractivity contribution in [2.24, 2.45) is 23.2 Å². The van der Waals surface area contributed by atoms with E-state index in [2.05, 4.69) is 32.1 Å². The van der Waals surface area contributed by atoms with E-state index < -0.39 is 5.60 Å². The smallest absolute Gasteiger partial charge is 0.0685 e. The zero-order chi connectivity index (χ0) is 21.2. The molecule has 3 heteroatoms. The molecule has 0 heterocycles. The van der Waals surface area contributed by atoms with Crippen molar-refractivity contribution in [2.45, 2.75) is 91.5 Å². The minimum atomic E-state index is -0.562. The van der Waals surface area contributed by atoms with Gasteiger partial charge in [-0.2, -0.15) is 0 Å². The van der Waals surface area contributed by atoms with Gasteiger partial charge in [0, 0.05) is 0 Å². The van der Waals surface area contributed by atoms with Gasteiger partial charge in [0.25, 0.3) is 0 Å². The maximum Gasteiger partial charge on any atom is 0.0685 e. The van der Waals surface area contributed by atoms with Gasteiger partial charge in [-0.15, -0.1) is 0 Å². The summed E-state index contributed by atoms with van der Waals surface area (Å²) in [5.74, 6) is 1.98. The van der Waals surface area contributed by atoms with Crippen LogP contribution in [0.5, 0.6) is 0 Å². The normalized spacial score (nSPS) is 28.2. The average Bonchev–Trinajstić information content (AvgIpc) is 3.03. The van der Waals surface area contributed by atoms with E-state index in [0.29, 0.717) is 17.3 Å². The standard InChI is InChI=1S/C26H40O3/c1-18(7-5-13-25(2,3)29)23-11-12-24-22(8-6-14-26(23,24)4)19-9-10-20(16-27)21(15-19)17-28/h8-10,15,18,23-24,27-29H,5-7,11-14,16-17H2,1-4H3/t18-,23-,24+,26-/m1/s1. The summed E-state index contributed by atoms with van der Waals surface area (Å²) in [5, 5.41) is 29.3. The van der Waals surface area contributed by atoms with Gasteiger partial charge in [-0.1, -0.05) is 44.9 Å². The Bertz CT molecular complexity index is 730. The second-order valence-electron chi connectivity index (χ2n) is 10.4. The molecule has 1 aromatic rings. The first kappa shape index (κ1) is 22.5. The first-order valence-corrected chi connectivity index (χ1v) is 11.5. The number of benzene rings is 1. The number of hydrogen-bond acceptors (Lipinski definition) is 3. The van der Waals surface area contributed by atoms with Crippen LogP contribution in [-0.2, 0) is 13.2 Å². The maximum absolute atomic E-state index is 10.0. The van der Waals surface area contributed by atoms with Gasteiger partial charge in [-0.05, 0) is 97.5 Å². The van der Waals surface area contributed by atoms with E-state index in [1.54, 1.807) is 0 Å². The molecule has 0 bridgehead atoms. The van der Waals surface area contributed by atoms with E-state index >= 15 is 0 Å². The molecular formula is C26H40O3. The molecule has 3 N–H and O–H groups in total. The highest BCUT2D eigenvalue weighted by Gasteiger charge is 2.50. The fourth-order valence-corrected chi connectivity index (χ4v) is 6.23. The summed E-state index contributed by atoms with van der Waals surface area (Å²) in [6.07, 6.45) is 10.5. The fourth-order valence-electron chi connectivity index (χ4n) is 6.23. The Morgan fingerprint density at radius 3 is 2.52 bits per heavy atom. The van der Waals surface area contributed by atoms with Crippen molar-refractivity contribution >= 4 is 5.57 Å². The van der Waals surface area contributed by atoms with Crippen LogP contribution in [0.4, 0.5) is 0 Å². The van der Waals surface area contributed by atoms with Crippen molar-refractivity contribution in [2.75, 3.05) is 0 Å². The lowest BCUT2D eigenvalue weighted by atomic mass is 9.61. The van der Waals surface area contributed by atoms with E-state index in [1.807, 2.05) is 19.9 Å². The fraction of sp³-hybridized carbons (Fsp3) is 0.692. The van der Waals surface area contributed by atoms with Gasteiger partial charge in [0.1, 0.15) is 0 Å². The second kappa shape index (κ2) is 8.91. The van der Waals surface area contributed by atoms with Crippen molar-refractivity contribution in [1.29, 1.82) is 0 Å². The molecule has 4 atom stereocenters. The van der Waals surface area contributed by atoms with Gasteiger partial charge in [-0.3, -0.25) is 0 Å². The molecule has 0 radical (unpaired) electrons. The molecule has 1 aromatic carbocycles. The zero-order valence-electron chi connectivity index (χ0n) is 18.7. The number of aliphatic hydroxyl groups is 3. The highest BCUT2D eigenvalue weighted by molar-refractivity contribution is 5.70. The number of rotatable bonds is 8. The Balaban J connectivity index is 1.77.